The highest BCUT2D eigenvalue weighted by molar-refractivity contribution is 5.79. The summed E-state index contributed by atoms with van der Waals surface area (Å²) in [5, 5.41) is 6.25. The summed E-state index contributed by atoms with van der Waals surface area (Å²) in [6, 6.07) is 0. The van der Waals surface area contributed by atoms with Crippen molar-refractivity contribution in [1.82, 2.24) is 15.8 Å². The number of guanidine groups is 1. The molecule has 1 heterocycles. The lowest BCUT2D eigenvalue weighted by Crippen LogP contribution is -2.66. The first-order chi connectivity index (χ1) is 24.3. The zero-order chi connectivity index (χ0) is 36.4. The smallest absolute Gasteiger partial charge is 0.206 e. The van der Waals surface area contributed by atoms with Crippen LogP contribution in [-0.2, 0) is 0 Å². The molecule has 4 nitrogen and oxygen atoms in total. The second kappa shape index (κ2) is 32.8. The van der Waals surface area contributed by atoms with Crippen molar-refractivity contribution in [1.29, 1.82) is 0 Å². The van der Waals surface area contributed by atoms with Crippen LogP contribution in [0.5, 0.6) is 0 Å². The van der Waals surface area contributed by atoms with Crippen LogP contribution in [0.3, 0.4) is 0 Å². The van der Waals surface area contributed by atoms with Gasteiger partial charge in [0, 0.05) is 24.2 Å². The molecule has 0 aromatic heterocycles. The Bertz CT molecular complexity index is 728. The number of aliphatic imine (C=N–C) groups is 1. The molecule has 1 rings (SSSR count). The topological polar surface area (TPSA) is 39.7 Å². The third-order valence-electron chi connectivity index (χ3n) is 11.6. The Kier molecular flexibility index (Phi) is 31.0. The van der Waals surface area contributed by atoms with Crippen LogP contribution in [0.2, 0.25) is 0 Å². The van der Waals surface area contributed by atoms with Crippen molar-refractivity contribution >= 4 is 5.96 Å². The SMILES string of the molecule is CCCCCCCCCCCCCCCCCCN=C(NCCCCCCCCCCCCCCCCCC)NN1C(C)(C)CCCC1(C)C. The molecule has 0 spiro atoms. The van der Waals surface area contributed by atoms with Gasteiger partial charge in [0.2, 0.25) is 5.96 Å². The zero-order valence-corrected chi connectivity index (χ0v) is 35.6. The third kappa shape index (κ3) is 26.9. The van der Waals surface area contributed by atoms with Gasteiger partial charge in [-0.2, -0.15) is 0 Å². The molecular formula is C46H94N4. The molecule has 1 fully saturated rings. The van der Waals surface area contributed by atoms with Crippen molar-refractivity contribution in [3.05, 3.63) is 0 Å². The maximum Gasteiger partial charge on any atom is 0.206 e. The monoisotopic (exact) mass is 703 g/mol. The van der Waals surface area contributed by atoms with Gasteiger partial charge in [-0.25, -0.2) is 5.01 Å². The van der Waals surface area contributed by atoms with E-state index in [0.29, 0.717) is 0 Å². The summed E-state index contributed by atoms with van der Waals surface area (Å²) >= 11 is 0. The molecule has 0 radical (unpaired) electrons. The van der Waals surface area contributed by atoms with E-state index >= 15 is 0 Å². The fourth-order valence-corrected chi connectivity index (χ4v) is 8.27. The summed E-state index contributed by atoms with van der Waals surface area (Å²) in [5.74, 6) is 1.01. The third-order valence-corrected chi connectivity index (χ3v) is 11.6. The Balaban J connectivity index is 2.20. The van der Waals surface area contributed by atoms with Crippen LogP contribution in [0.1, 0.15) is 266 Å². The average molecular weight is 703 g/mol. The summed E-state index contributed by atoms with van der Waals surface area (Å²) in [4.78, 5) is 5.12. The first kappa shape index (κ1) is 47.3. The molecule has 0 unspecified atom stereocenters. The van der Waals surface area contributed by atoms with Gasteiger partial charge in [0.05, 0.1) is 0 Å². The maximum absolute atomic E-state index is 5.12. The summed E-state index contributed by atoms with van der Waals surface area (Å²) in [6.07, 6.45) is 49.1. The van der Waals surface area contributed by atoms with Gasteiger partial charge >= 0.3 is 0 Å². The van der Waals surface area contributed by atoms with Gasteiger partial charge < -0.3 is 5.32 Å². The van der Waals surface area contributed by atoms with Crippen LogP contribution < -0.4 is 10.7 Å². The molecule has 1 saturated heterocycles. The van der Waals surface area contributed by atoms with Gasteiger partial charge in [-0.05, 0) is 59.8 Å². The van der Waals surface area contributed by atoms with Gasteiger partial charge in [0.25, 0.3) is 0 Å². The molecule has 50 heavy (non-hydrogen) atoms. The molecule has 2 N–H and O–H groups in total. The van der Waals surface area contributed by atoms with Crippen molar-refractivity contribution < 1.29 is 0 Å². The Labute approximate surface area is 316 Å². The number of hydrogen-bond donors (Lipinski definition) is 2. The van der Waals surface area contributed by atoms with Gasteiger partial charge in [0.15, 0.2) is 0 Å². The minimum Gasteiger partial charge on any atom is -0.355 e. The Morgan fingerprint density at radius 1 is 0.440 bits per heavy atom. The minimum atomic E-state index is 0.132. The molecule has 0 atom stereocenters. The molecule has 0 aromatic carbocycles. The summed E-state index contributed by atoms with van der Waals surface area (Å²) in [5.41, 5.74) is 4.08. The molecule has 0 aromatic rings. The van der Waals surface area contributed by atoms with E-state index in [0.717, 1.165) is 19.0 Å². The lowest BCUT2D eigenvalue weighted by Gasteiger charge is -2.52. The highest BCUT2D eigenvalue weighted by Crippen LogP contribution is 2.36. The standard InChI is InChI=1S/C46H94N4/c1-7-9-11-13-15-17-19-21-23-25-27-29-31-33-35-37-42-47-44(49-50-45(3,4)40-39-41-46(50,5)6)48-43-38-36-34-32-30-28-26-24-22-20-18-16-14-12-10-8-2/h7-43H2,1-6H3,(H2,47,48,49). The van der Waals surface area contributed by atoms with E-state index < -0.39 is 0 Å². The largest absolute Gasteiger partial charge is 0.355 e. The molecule has 0 bridgehead atoms. The number of unbranched alkanes of at least 4 members (excludes halogenated alkanes) is 30. The van der Waals surface area contributed by atoms with E-state index in [1.807, 2.05) is 0 Å². The van der Waals surface area contributed by atoms with Gasteiger partial charge in [-0.1, -0.05) is 206 Å². The van der Waals surface area contributed by atoms with E-state index in [1.165, 1.54) is 225 Å². The zero-order valence-electron chi connectivity index (χ0n) is 35.6. The highest BCUT2D eigenvalue weighted by atomic mass is 15.6. The van der Waals surface area contributed by atoms with Crippen LogP contribution in [0.15, 0.2) is 4.99 Å². The molecule has 0 saturated carbocycles. The molecule has 1 aliphatic heterocycles. The fourth-order valence-electron chi connectivity index (χ4n) is 8.27. The van der Waals surface area contributed by atoms with E-state index in [2.05, 4.69) is 57.3 Å². The van der Waals surface area contributed by atoms with Crippen LogP contribution in [-0.4, -0.2) is 35.1 Å². The molecule has 0 amide bonds. The first-order valence-corrected chi connectivity index (χ1v) is 23.2. The van der Waals surface area contributed by atoms with Crippen molar-refractivity contribution in [3.63, 3.8) is 0 Å². The number of nitrogens with one attached hydrogen (secondary N) is 2. The summed E-state index contributed by atoms with van der Waals surface area (Å²) in [7, 11) is 0. The van der Waals surface area contributed by atoms with Crippen molar-refractivity contribution in [3.8, 4) is 0 Å². The first-order valence-electron chi connectivity index (χ1n) is 23.2. The van der Waals surface area contributed by atoms with E-state index in [-0.39, 0.29) is 11.1 Å². The minimum absolute atomic E-state index is 0.132. The molecule has 1 aliphatic rings. The lowest BCUT2D eigenvalue weighted by molar-refractivity contribution is -0.0519. The van der Waals surface area contributed by atoms with Crippen molar-refractivity contribution in [2.24, 2.45) is 4.99 Å². The van der Waals surface area contributed by atoms with Crippen LogP contribution in [0.4, 0.5) is 0 Å². The fraction of sp³-hybridized carbons (Fsp3) is 0.978. The number of hydrazine groups is 1. The second-order valence-electron chi connectivity index (χ2n) is 17.7. The highest BCUT2D eigenvalue weighted by Gasteiger charge is 2.42. The predicted molar refractivity (Wildman–Crippen MR) is 226 cm³/mol. The molecule has 4 heteroatoms. The normalized spacial score (nSPS) is 16.2. The number of nitrogens with zero attached hydrogens (tertiary/aromatic N) is 2. The van der Waals surface area contributed by atoms with Crippen molar-refractivity contribution in [2.45, 2.75) is 277 Å². The summed E-state index contributed by atoms with van der Waals surface area (Å²) in [6.45, 7) is 16.1. The predicted octanol–water partition coefficient (Wildman–Crippen LogP) is 15.0. The Morgan fingerprint density at radius 2 is 0.740 bits per heavy atom. The number of rotatable bonds is 35. The van der Waals surface area contributed by atoms with E-state index in [4.69, 9.17) is 4.99 Å². The average Bonchev–Trinajstić information content (AvgIpc) is 3.08. The van der Waals surface area contributed by atoms with Crippen LogP contribution >= 0.6 is 0 Å². The van der Waals surface area contributed by atoms with Crippen molar-refractivity contribution in [2.75, 3.05) is 13.1 Å². The van der Waals surface area contributed by atoms with E-state index in [9.17, 15) is 0 Å². The Morgan fingerprint density at radius 3 is 1.08 bits per heavy atom. The maximum atomic E-state index is 5.12. The lowest BCUT2D eigenvalue weighted by atomic mass is 9.82. The second-order valence-corrected chi connectivity index (χ2v) is 17.7. The Hall–Kier alpha value is -0.770. The van der Waals surface area contributed by atoms with Crippen LogP contribution in [0.25, 0.3) is 0 Å². The molecular weight excluding hydrogens is 609 g/mol. The number of hydrogen-bond acceptors (Lipinski definition) is 2. The van der Waals surface area contributed by atoms with Gasteiger partial charge in [-0.15, -0.1) is 0 Å². The number of piperidine rings is 1. The van der Waals surface area contributed by atoms with Gasteiger partial charge in [-0.3, -0.25) is 10.4 Å². The van der Waals surface area contributed by atoms with Crippen LogP contribution in [0, 0.1) is 0 Å². The summed E-state index contributed by atoms with van der Waals surface area (Å²) < 4.78 is 0. The van der Waals surface area contributed by atoms with Gasteiger partial charge in [0.1, 0.15) is 0 Å². The molecule has 0 aliphatic carbocycles. The quantitative estimate of drug-likeness (QED) is 0.0392. The van der Waals surface area contributed by atoms with E-state index in [1.54, 1.807) is 0 Å². The molecule has 298 valence electrons.